The summed E-state index contributed by atoms with van der Waals surface area (Å²) >= 11 is 0. The van der Waals surface area contributed by atoms with Gasteiger partial charge in [-0.15, -0.1) is 0 Å². The van der Waals surface area contributed by atoms with Crippen molar-refractivity contribution in [1.29, 1.82) is 0 Å². The molecule has 0 bridgehead atoms. The van der Waals surface area contributed by atoms with Gasteiger partial charge in [-0.3, -0.25) is 0 Å². The summed E-state index contributed by atoms with van der Waals surface area (Å²) in [6, 6.07) is 73.3. The monoisotopic (exact) mass is 689 g/mol. The second-order valence-corrected chi connectivity index (χ2v) is 14.9. The second-order valence-electron chi connectivity index (χ2n) is 14.9. The Hall–Kier alpha value is -6.70. The van der Waals surface area contributed by atoms with Gasteiger partial charge in [0, 0.05) is 22.5 Å². The average Bonchev–Trinajstić information content (AvgIpc) is 3.46. The number of benzene rings is 9. The lowest BCUT2D eigenvalue weighted by atomic mass is 9.81. The fourth-order valence-corrected chi connectivity index (χ4v) is 8.78. The van der Waals surface area contributed by atoms with E-state index in [0.717, 1.165) is 17.1 Å². The van der Waals surface area contributed by atoms with E-state index in [2.05, 4.69) is 219 Å². The maximum atomic E-state index is 2.43. The predicted octanol–water partition coefficient (Wildman–Crippen LogP) is 14.8. The first-order valence-corrected chi connectivity index (χ1v) is 18.8. The van der Waals surface area contributed by atoms with Crippen molar-refractivity contribution in [2.45, 2.75) is 19.3 Å². The van der Waals surface area contributed by atoms with Crippen molar-refractivity contribution in [2.75, 3.05) is 4.90 Å². The predicted molar refractivity (Wildman–Crippen MR) is 230 cm³/mol. The van der Waals surface area contributed by atoms with Crippen LogP contribution in [0, 0.1) is 0 Å². The van der Waals surface area contributed by atoms with Crippen molar-refractivity contribution >= 4 is 38.6 Å². The Morgan fingerprint density at radius 1 is 0.333 bits per heavy atom. The van der Waals surface area contributed by atoms with Crippen molar-refractivity contribution in [3.8, 4) is 44.5 Å². The Morgan fingerprint density at radius 3 is 1.74 bits per heavy atom. The smallest absolute Gasteiger partial charge is 0.0467 e. The van der Waals surface area contributed by atoms with E-state index in [1.54, 1.807) is 0 Å². The largest absolute Gasteiger partial charge is 0.310 e. The molecular formula is C53H39N. The first-order chi connectivity index (χ1) is 26.5. The van der Waals surface area contributed by atoms with Gasteiger partial charge < -0.3 is 4.90 Å². The number of anilines is 3. The number of fused-ring (bicyclic) bond motifs is 5. The lowest BCUT2D eigenvalue weighted by Crippen LogP contribution is -2.16. The highest BCUT2D eigenvalue weighted by Crippen LogP contribution is 2.53. The average molecular weight is 690 g/mol. The van der Waals surface area contributed by atoms with Crippen LogP contribution < -0.4 is 4.90 Å². The van der Waals surface area contributed by atoms with Gasteiger partial charge in [-0.05, 0) is 126 Å². The quantitative estimate of drug-likeness (QED) is 0.168. The summed E-state index contributed by atoms with van der Waals surface area (Å²) in [5.41, 5.74) is 16.1. The molecule has 54 heavy (non-hydrogen) atoms. The zero-order chi connectivity index (χ0) is 36.2. The van der Waals surface area contributed by atoms with E-state index < -0.39 is 0 Å². The molecule has 0 fully saturated rings. The van der Waals surface area contributed by atoms with E-state index in [0.29, 0.717) is 0 Å². The summed E-state index contributed by atoms with van der Waals surface area (Å²) in [5, 5.41) is 5.01. The Morgan fingerprint density at radius 2 is 0.926 bits per heavy atom. The first kappa shape index (κ1) is 32.0. The van der Waals surface area contributed by atoms with E-state index in [1.807, 2.05) is 0 Å². The van der Waals surface area contributed by atoms with E-state index in [9.17, 15) is 0 Å². The molecule has 0 radical (unpaired) electrons. The van der Waals surface area contributed by atoms with Gasteiger partial charge in [0.25, 0.3) is 0 Å². The molecule has 0 N–H and O–H groups in total. The van der Waals surface area contributed by atoms with Crippen molar-refractivity contribution in [3.63, 3.8) is 0 Å². The fraction of sp³-hybridized carbons (Fsp3) is 0.0566. The summed E-state index contributed by atoms with van der Waals surface area (Å²) < 4.78 is 0. The van der Waals surface area contributed by atoms with Crippen LogP contribution >= 0.6 is 0 Å². The van der Waals surface area contributed by atoms with Crippen LogP contribution in [0.25, 0.3) is 66.1 Å². The van der Waals surface area contributed by atoms with Gasteiger partial charge in [-0.2, -0.15) is 0 Å². The van der Waals surface area contributed by atoms with Crippen LogP contribution in [0.5, 0.6) is 0 Å². The molecule has 0 aromatic heterocycles. The minimum absolute atomic E-state index is 0.154. The Balaban J connectivity index is 1.12. The molecular weight excluding hydrogens is 651 g/mol. The first-order valence-electron chi connectivity index (χ1n) is 18.8. The number of nitrogens with zero attached hydrogens (tertiary/aromatic N) is 1. The molecule has 9 aromatic carbocycles. The molecule has 0 saturated carbocycles. The van der Waals surface area contributed by atoms with Gasteiger partial charge in [0.1, 0.15) is 0 Å². The summed E-state index contributed by atoms with van der Waals surface area (Å²) in [7, 11) is 0. The van der Waals surface area contributed by atoms with Gasteiger partial charge in [0.05, 0.1) is 0 Å². The topological polar surface area (TPSA) is 3.24 Å². The highest BCUT2D eigenvalue weighted by molar-refractivity contribution is 6.07. The molecule has 1 nitrogen and oxygen atoms in total. The second kappa shape index (κ2) is 12.8. The molecule has 1 aliphatic rings. The van der Waals surface area contributed by atoms with Gasteiger partial charge in [0.15, 0.2) is 0 Å². The lowest BCUT2D eigenvalue weighted by molar-refractivity contribution is 0.660. The zero-order valence-corrected chi connectivity index (χ0v) is 30.5. The lowest BCUT2D eigenvalue weighted by Gasteiger charge is -2.28. The third-order valence-corrected chi connectivity index (χ3v) is 11.4. The van der Waals surface area contributed by atoms with Gasteiger partial charge in [-0.1, -0.05) is 166 Å². The molecule has 1 aliphatic carbocycles. The summed E-state index contributed by atoms with van der Waals surface area (Å²) in [6.07, 6.45) is 0. The van der Waals surface area contributed by atoms with E-state index in [1.165, 1.54) is 77.2 Å². The summed E-state index contributed by atoms with van der Waals surface area (Å²) in [5.74, 6) is 0. The van der Waals surface area contributed by atoms with Crippen LogP contribution in [0.1, 0.15) is 25.0 Å². The van der Waals surface area contributed by atoms with Gasteiger partial charge >= 0.3 is 0 Å². The Bertz CT molecular complexity index is 2840. The standard InChI is InChI=1S/C53H39N/c1-53(2)50-29-15-27-46(37-16-5-3-6-17-37)52(50)48-31-30-43(35-51(48)53)54(41-22-7-4-8-23-41)42-24-13-21-38(33-42)40-32-39-19-10-12-26-45(39)49(34-40)47-28-14-20-36-18-9-11-25-44(36)47/h3-35H,1-2H3. The van der Waals surface area contributed by atoms with Crippen LogP contribution in [0.15, 0.2) is 200 Å². The third-order valence-electron chi connectivity index (χ3n) is 11.4. The summed E-state index contributed by atoms with van der Waals surface area (Å²) in [4.78, 5) is 2.41. The molecule has 0 spiro atoms. The van der Waals surface area contributed by atoms with Crippen molar-refractivity contribution in [1.82, 2.24) is 0 Å². The molecule has 0 aliphatic heterocycles. The van der Waals surface area contributed by atoms with Crippen LogP contribution in [-0.4, -0.2) is 0 Å². The highest BCUT2D eigenvalue weighted by atomic mass is 15.1. The Kier molecular flexibility index (Phi) is 7.56. The Labute approximate surface area is 317 Å². The molecule has 9 aromatic rings. The summed E-state index contributed by atoms with van der Waals surface area (Å²) in [6.45, 7) is 4.74. The normalized spacial score (nSPS) is 12.8. The van der Waals surface area contributed by atoms with Crippen molar-refractivity contribution in [2.24, 2.45) is 0 Å². The minimum atomic E-state index is -0.154. The molecule has 256 valence electrons. The van der Waals surface area contributed by atoms with Crippen LogP contribution in [-0.2, 0) is 5.41 Å². The number of hydrogen-bond acceptors (Lipinski definition) is 1. The third kappa shape index (κ3) is 5.24. The fourth-order valence-electron chi connectivity index (χ4n) is 8.78. The van der Waals surface area contributed by atoms with Crippen molar-refractivity contribution in [3.05, 3.63) is 211 Å². The van der Waals surface area contributed by atoms with E-state index >= 15 is 0 Å². The molecule has 0 atom stereocenters. The number of para-hydroxylation sites is 1. The van der Waals surface area contributed by atoms with Crippen LogP contribution in [0.3, 0.4) is 0 Å². The van der Waals surface area contributed by atoms with E-state index in [-0.39, 0.29) is 5.41 Å². The molecule has 0 unspecified atom stereocenters. The molecule has 0 amide bonds. The minimum Gasteiger partial charge on any atom is -0.310 e. The molecule has 0 saturated heterocycles. The van der Waals surface area contributed by atoms with Crippen LogP contribution in [0.2, 0.25) is 0 Å². The number of rotatable bonds is 6. The molecule has 10 rings (SSSR count). The maximum Gasteiger partial charge on any atom is 0.0467 e. The number of hydrogen-bond donors (Lipinski definition) is 0. The molecule has 1 heteroatoms. The van der Waals surface area contributed by atoms with Gasteiger partial charge in [-0.25, -0.2) is 0 Å². The highest BCUT2D eigenvalue weighted by Gasteiger charge is 2.37. The van der Waals surface area contributed by atoms with E-state index in [4.69, 9.17) is 0 Å². The van der Waals surface area contributed by atoms with Gasteiger partial charge in [0.2, 0.25) is 0 Å². The zero-order valence-electron chi connectivity index (χ0n) is 30.5. The SMILES string of the molecule is CC1(C)c2cc(N(c3ccccc3)c3cccc(-c4cc(-c5cccc6ccccc56)c5ccccc5c4)c3)ccc2-c2c(-c3ccccc3)cccc21. The van der Waals surface area contributed by atoms with Crippen molar-refractivity contribution < 1.29 is 0 Å². The maximum absolute atomic E-state index is 2.43. The van der Waals surface area contributed by atoms with Crippen LogP contribution in [0.4, 0.5) is 17.1 Å². The molecule has 0 heterocycles.